The molecule has 0 nitrogen and oxygen atoms in total. The van der Waals surface area contributed by atoms with Gasteiger partial charge in [-0.25, -0.2) is 0 Å². The first kappa shape index (κ1) is 30.8. The molecule has 0 amide bonds. The molecular weight excluding hydrogens is 701 g/mol. The number of hydrogen-bond acceptors (Lipinski definition) is 0. The normalized spacial score (nSPS) is 11.8. The molecule has 0 N–H and O–H groups in total. The minimum Gasteiger partial charge on any atom is -1.00 e. The van der Waals surface area contributed by atoms with Crippen LogP contribution in [-0.4, -0.2) is 3.21 Å². The van der Waals surface area contributed by atoms with Crippen LogP contribution in [0.3, 0.4) is 0 Å². The first-order valence-corrected chi connectivity index (χ1v) is 18.4. The molecule has 0 bridgehead atoms. The van der Waals surface area contributed by atoms with Crippen LogP contribution in [0.5, 0.6) is 0 Å². The predicted octanol–water partition coefficient (Wildman–Crippen LogP) is 3.75. The number of hydrogen-bond donors (Lipinski definition) is 0. The van der Waals surface area contributed by atoms with Gasteiger partial charge < -0.3 is 24.8 Å². The molecule has 6 aromatic rings. The molecule has 0 aliphatic heterocycles. The molecule has 0 aromatic heterocycles. The van der Waals surface area contributed by atoms with Crippen molar-refractivity contribution in [3.8, 4) is 11.1 Å². The summed E-state index contributed by atoms with van der Waals surface area (Å²) in [6, 6.07) is 41.4. The number of fused-ring (bicyclic) bond motifs is 5. The van der Waals surface area contributed by atoms with Gasteiger partial charge in [0.2, 0.25) is 0 Å². The van der Waals surface area contributed by atoms with Crippen molar-refractivity contribution in [2.75, 3.05) is 0 Å². The predicted molar refractivity (Wildman–Crippen MR) is 174 cm³/mol. The molecule has 0 heterocycles. The van der Waals surface area contributed by atoms with Crippen molar-refractivity contribution >= 4 is 51.2 Å². The van der Waals surface area contributed by atoms with E-state index in [9.17, 15) is 0 Å². The molecule has 44 heavy (non-hydrogen) atoms. The molecule has 2 aliphatic carbocycles. The van der Waals surface area contributed by atoms with E-state index in [1.807, 2.05) is 0 Å². The molecule has 210 valence electrons. The van der Waals surface area contributed by atoms with Crippen molar-refractivity contribution in [1.82, 2.24) is 0 Å². The van der Waals surface area contributed by atoms with Gasteiger partial charge in [-0.15, -0.1) is 0 Å². The summed E-state index contributed by atoms with van der Waals surface area (Å²) in [4.78, 5) is 0. The molecule has 0 saturated heterocycles. The molecule has 2 aliphatic rings. The van der Waals surface area contributed by atoms with Crippen LogP contribution in [0.2, 0.25) is 10.0 Å². The van der Waals surface area contributed by atoms with Crippen LogP contribution in [0, 0.1) is 0 Å². The summed E-state index contributed by atoms with van der Waals surface area (Å²) >= 11 is 10.7. The monoisotopic (exact) mass is 720 g/mol. The smallest absolute Gasteiger partial charge is 1.00 e. The van der Waals surface area contributed by atoms with E-state index in [4.69, 9.17) is 23.2 Å². The van der Waals surface area contributed by atoms with Gasteiger partial charge in [-0.3, -0.25) is 0 Å². The molecule has 5 heteroatoms. The van der Waals surface area contributed by atoms with Gasteiger partial charge in [0.1, 0.15) is 0 Å². The maximum Gasteiger partial charge on any atom is -1.00 e. The maximum atomic E-state index is 6.87. The van der Waals surface area contributed by atoms with Gasteiger partial charge in [0.05, 0.1) is 0 Å². The summed E-state index contributed by atoms with van der Waals surface area (Å²) in [5.74, 6) is 0. The Labute approximate surface area is 286 Å². The molecule has 0 saturated carbocycles. The standard InChI is InChI=1S/C21H12Cl2.C13H9.C5H.2ClH.Zr/c22-18-10-14-5-1-3-7-20(14)16(12-18)9-17-13-19(23)11-15-6-2-4-8-21(15)17;1-3-7-12-10(5-1)9-11-6-2-4-8-13(11)12;1-2-4-5-3-1;;;/h1-8,10-13H;1,3-8H,9H2;1H;2*1H;/q;;;;;+2/p-2. The van der Waals surface area contributed by atoms with Gasteiger partial charge in [-0.1, -0.05) is 0 Å². The fourth-order valence-electron chi connectivity index (χ4n) is 6.49. The number of benzene rings is 6. The number of rotatable bonds is 4. The fourth-order valence-corrected chi connectivity index (χ4v) is 13.8. The Kier molecular flexibility index (Phi) is 8.89. The average molecular weight is 724 g/mol. The van der Waals surface area contributed by atoms with E-state index in [1.165, 1.54) is 53.9 Å². The van der Waals surface area contributed by atoms with E-state index in [0.29, 0.717) is 0 Å². The van der Waals surface area contributed by atoms with E-state index in [0.717, 1.165) is 27.2 Å². The largest absolute Gasteiger partial charge is 1.00 e. The summed E-state index contributed by atoms with van der Waals surface area (Å²) in [5, 5.41) is 6.08. The Balaban J connectivity index is 0.00000171. The quantitative estimate of drug-likeness (QED) is 0.243. The summed E-state index contributed by atoms with van der Waals surface area (Å²) in [6.07, 6.45) is 3.05. The molecule has 0 unspecified atom stereocenters. The fraction of sp³-hybridized carbons (Fsp3) is 0.0256. The zero-order valence-corrected chi connectivity index (χ0v) is 28.7. The van der Waals surface area contributed by atoms with Gasteiger partial charge in [-0.2, -0.15) is 0 Å². The number of allylic oxidation sites excluding steroid dienone is 2. The second kappa shape index (κ2) is 12.7. The summed E-state index contributed by atoms with van der Waals surface area (Å²) in [7, 11) is 0. The average Bonchev–Trinajstić information content (AvgIpc) is 3.67. The van der Waals surface area contributed by atoms with Gasteiger partial charge in [0, 0.05) is 0 Å². The van der Waals surface area contributed by atoms with Crippen LogP contribution in [-0.2, 0) is 27.7 Å². The Hall–Kier alpha value is -3.17. The first-order valence-electron chi connectivity index (χ1n) is 13.9. The molecule has 0 atom stereocenters. The van der Waals surface area contributed by atoms with Gasteiger partial charge in [-0.05, 0) is 0 Å². The Morgan fingerprint density at radius 1 is 0.614 bits per heavy atom. The van der Waals surface area contributed by atoms with Crippen molar-refractivity contribution in [3.05, 3.63) is 174 Å². The Morgan fingerprint density at radius 2 is 1.20 bits per heavy atom. The SMILES string of the molecule is Clc1cc([C](c2cc(Cl)cc3ccccc23)=[Zr+2]([C]2=C=C=C=C2)[c]2ccc3c(c2)Cc2ccccc2-3)c2ccccc2c1.[Cl-].[Cl-]. The van der Waals surface area contributed by atoms with Crippen molar-refractivity contribution in [2.24, 2.45) is 0 Å². The minimum atomic E-state index is -3.02. The molecule has 8 rings (SSSR count). The molecule has 0 spiro atoms. The minimum absolute atomic E-state index is 0. The second-order valence-corrected chi connectivity index (χ2v) is 17.4. The van der Waals surface area contributed by atoms with Crippen LogP contribution in [0.25, 0.3) is 32.7 Å². The van der Waals surface area contributed by atoms with Crippen molar-refractivity contribution in [1.29, 1.82) is 0 Å². The molecule has 0 fully saturated rings. The van der Waals surface area contributed by atoms with Gasteiger partial charge in [0.25, 0.3) is 0 Å². The molecular formula is C39H22Cl4Zr. The van der Waals surface area contributed by atoms with E-state index in [-0.39, 0.29) is 24.8 Å². The second-order valence-electron chi connectivity index (χ2n) is 10.8. The Morgan fingerprint density at radius 3 is 1.84 bits per heavy atom. The maximum absolute atomic E-state index is 6.87. The van der Waals surface area contributed by atoms with Gasteiger partial charge in [0.15, 0.2) is 0 Å². The van der Waals surface area contributed by atoms with Crippen molar-refractivity contribution in [3.63, 3.8) is 0 Å². The summed E-state index contributed by atoms with van der Waals surface area (Å²) in [6.45, 7) is 0. The summed E-state index contributed by atoms with van der Waals surface area (Å²) < 4.78 is 3.92. The van der Waals surface area contributed by atoms with Crippen LogP contribution in [0.15, 0.2) is 142 Å². The third kappa shape index (κ3) is 5.36. The zero-order chi connectivity index (χ0) is 28.2. The Bertz CT molecular complexity index is 2220. The first-order chi connectivity index (χ1) is 20.6. The third-order valence-electron chi connectivity index (χ3n) is 8.28. The van der Waals surface area contributed by atoms with E-state index < -0.39 is 21.3 Å². The van der Waals surface area contributed by atoms with Gasteiger partial charge >= 0.3 is 264 Å². The van der Waals surface area contributed by atoms with Crippen molar-refractivity contribution < 1.29 is 46.1 Å². The van der Waals surface area contributed by atoms with E-state index >= 15 is 0 Å². The van der Waals surface area contributed by atoms with E-state index in [2.05, 4.69) is 139 Å². The molecule has 0 radical (unpaired) electrons. The van der Waals surface area contributed by atoms with Crippen LogP contribution < -0.4 is 28.1 Å². The molecule has 6 aromatic carbocycles. The number of halogens is 4. The third-order valence-corrected chi connectivity index (χ3v) is 15.4. The topological polar surface area (TPSA) is 0 Å². The zero-order valence-electron chi connectivity index (χ0n) is 23.3. The van der Waals surface area contributed by atoms with Crippen LogP contribution in [0.4, 0.5) is 0 Å². The van der Waals surface area contributed by atoms with E-state index in [1.54, 1.807) is 0 Å². The van der Waals surface area contributed by atoms with Crippen LogP contribution in [0.1, 0.15) is 22.3 Å². The van der Waals surface area contributed by atoms with Crippen LogP contribution >= 0.6 is 23.2 Å². The van der Waals surface area contributed by atoms with Crippen molar-refractivity contribution in [2.45, 2.75) is 6.42 Å². The summed E-state index contributed by atoms with van der Waals surface area (Å²) in [5.41, 5.74) is 17.6.